The Kier molecular flexibility index (Phi) is 11.5. The first-order valence-corrected chi connectivity index (χ1v) is 10.1. The van der Waals surface area contributed by atoms with Crippen LogP contribution in [0.25, 0.3) is 5.57 Å². The molecule has 1 heterocycles. The van der Waals surface area contributed by atoms with Crippen molar-refractivity contribution in [1.82, 2.24) is 5.32 Å². The molecular weight excluding hydrogens is 378 g/mol. The van der Waals surface area contributed by atoms with Crippen molar-refractivity contribution >= 4 is 35.4 Å². The number of carbonyl (C=O) groups is 2. The predicted octanol–water partition coefficient (Wildman–Crippen LogP) is 3.51. The van der Waals surface area contributed by atoms with E-state index >= 15 is 0 Å². The molecule has 0 aromatic heterocycles. The summed E-state index contributed by atoms with van der Waals surface area (Å²) < 4.78 is 0. The van der Waals surface area contributed by atoms with Crippen molar-refractivity contribution < 1.29 is 9.59 Å². The Morgan fingerprint density at radius 2 is 1.83 bits per heavy atom. The third-order valence-corrected chi connectivity index (χ3v) is 4.61. The number of aldehydes is 1. The van der Waals surface area contributed by atoms with Crippen LogP contribution in [0.5, 0.6) is 0 Å². The van der Waals surface area contributed by atoms with Gasteiger partial charge in [-0.25, -0.2) is 0 Å². The number of hydrogen-bond acceptors (Lipinski definition) is 6. The standard InChI is InChI=1S/C19H25N5O2.C4H8/c1-2-3-4-14(11-23-21)18-15(12-25)9-16(10-17(18)20)24-19(26)13-5-7-22-8-6-13;1-3-4-2/h2-4,9-13,22H,5-8,20-21H2,1H3,(H,24,26);3-4H,1-2H3/b3-2+,14-4+,23-11-;4-3-. The maximum atomic E-state index is 12.4. The molecule has 1 saturated heterocycles. The van der Waals surface area contributed by atoms with Crippen molar-refractivity contribution in [3.8, 4) is 0 Å². The van der Waals surface area contributed by atoms with E-state index in [0.29, 0.717) is 34.4 Å². The number of nitrogens with two attached hydrogens (primary N) is 2. The van der Waals surface area contributed by atoms with Gasteiger partial charge in [-0.3, -0.25) is 9.59 Å². The van der Waals surface area contributed by atoms with Crippen molar-refractivity contribution in [2.24, 2.45) is 16.9 Å². The van der Waals surface area contributed by atoms with Gasteiger partial charge in [0.2, 0.25) is 5.91 Å². The Balaban J connectivity index is 0.00000103. The number of nitrogens with one attached hydrogen (secondary N) is 2. The first-order valence-electron chi connectivity index (χ1n) is 10.1. The average Bonchev–Trinajstić information content (AvgIpc) is 2.77. The summed E-state index contributed by atoms with van der Waals surface area (Å²) in [7, 11) is 0. The lowest BCUT2D eigenvalue weighted by Gasteiger charge is -2.22. The maximum Gasteiger partial charge on any atom is 0.227 e. The number of nitrogen functional groups attached to an aromatic ring is 1. The third-order valence-electron chi connectivity index (χ3n) is 4.61. The smallest absolute Gasteiger partial charge is 0.227 e. The van der Waals surface area contributed by atoms with E-state index in [0.717, 1.165) is 25.9 Å². The van der Waals surface area contributed by atoms with E-state index in [-0.39, 0.29) is 11.8 Å². The second kappa shape index (κ2) is 13.9. The predicted molar refractivity (Wildman–Crippen MR) is 126 cm³/mol. The highest BCUT2D eigenvalue weighted by atomic mass is 16.1. The van der Waals surface area contributed by atoms with Gasteiger partial charge in [0.15, 0.2) is 6.29 Å². The van der Waals surface area contributed by atoms with Crippen LogP contribution in [0.15, 0.2) is 47.6 Å². The fourth-order valence-electron chi connectivity index (χ4n) is 2.99. The molecule has 2 rings (SSSR count). The van der Waals surface area contributed by atoms with Crippen LogP contribution in [0.2, 0.25) is 0 Å². The zero-order chi connectivity index (χ0) is 22.4. The number of hydrazone groups is 1. The van der Waals surface area contributed by atoms with Crippen molar-refractivity contribution in [3.05, 3.63) is 53.6 Å². The Labute approximate surface area is 179 Å². The monoisotopic (exact) mass is 411 g/mol. The van der Waals surface area contributed by atoms with Crippen LogP contribution in [0.1, 0.15) is 49.5 Å². The topological polar surface area (TPSA) is 123 Å². The Hall–Kier alpha value is -3.19. The highest BCUT2D eigenvalue weighted by Crippen LogP contribution is 2.29. The molecule has 1 aliphatic rings. The third kappa shape index (κ3) is 7.67. The van der Waals surface area contributed by atoms with Crippen molar-refractivity contribution in [3.63, 3.8) is 0 Å². The minimum absolute atomic E-state index is 0.0358. The lowest BCUT2D eigenvalue weighted by molar-refractivity contribution is -0.120. The van der Waals surface area contributed by atoms with Crippen molar-refractivity contribution in [1.29, 1.82) is 0 Å². The molecule has 1 aliphatic heterocycles. The number of carbonyl (C=O) groups excluding carboxylic acids is 2. The summed E-state index contributed by atoms with van der Waals surface area (Å²) in [6.45, 7) is 7.53. The van der Waals surface area contributed by atoms with Gasteiger partial charge in [-0.05, 0) is 58.8 Å². The van der Waals surface area contributed by atoms with E-state index in [4.69, 9.17) is 11.6 Å². The summed E-state index contributed by atoms with van der Waals surface area (Å²) in [6.07, 6.45) is 13.1. The molecule has 7 heteroatoms. The number of hydrogen-bond donors (Lipinski definition) is 4. The van der Waals surface area contributed by atoms with Gasteiger partial charge >= 0.3 is 0 Å². The molecule has 1 aromatic rings. The number of piperidine rings is 1. The van der Waals surface area contributed by atoms with Crippen LogP contribution in [0, 0.1) is 5.92 Å². The second-order valence-corrected chi connectivity index (χ2v) is 6.75. The molecule has 1 fully saturated rings. The van der Waals surface area contributed by atoms with Gasteiger partial charge in [-0.1, -0.05) is 30.4 Å². The average molecular weight is 412 g/mol. The fraction of sp³-hybridized carbons (Fsp3) is 0.348. The van der Waals surface area contributed by atoms with Crippen LogP contribution in [-0.4, -0.2) is 31.5 Å². The van der Waals surface area contributed by atoms with Gasteiger partial charge in [0.05, 0.1) is 6.21 Å². The van der Waals surface area contributed by atoms with Gasteiger partial charge in [-0.2, -0.15) is 5.10 Å². The molecule has 6 N–H and O–H groups in total. The minimum Gasteiger partial charge on any atom is -0.398 e. The fourth-order valence-corrected chi connectivity index (χ4v) is 2.99. The first-order chi connectivity index (χ1) is 14.5. The highest BCUT2D eigenvalue weighted by molar-refractivity contribution is 6.15. The van der Waals surface area contributed by atoms with Gasteiger partial charge in [0.25, 0.3) is 0 Å². The summed E-state index contributed by atoms with van der Waals surface area (Å²) in [5.41, 5.74) is 8.55. The zero-order valence-electron chi connectivity index (χ0n) is 18.0. The second-order valence-electron chi connectivity index (χ2n) is 6.75. The molecule has 0 bridgehead atoms. The molecule has 0 aliphatic carbocycles. The number of allylic oxidation sites excluding steroid dienone is 6. The van der Waals surface area contributed by atoms with Gasteiger partial charge in [0, 0.05) is 34.0 Å². The molecule has 0 spiro atoms. The molecule has 30 heavy (non-hydrogen) atoms. The molecule has 162 valence electrons. The van der Waals surface area contributed by atoms with E-state index in [1.54, 1.807) is 24.3 Å². The molecule has 7 nitrogen and oxygen atoms in total. The summed E-state index contributed by atoms with van der Waals surface area (Å²) >= 11 is 0. The Morgan fingerprint density at radius 1 is 1.17 bits per heavy atom. The maximum absolute atomic E-state index is 12.4. The van der Waals surface area contributed by atoms with Crippen molar-refractivity contribution in [2.75, 3.05) is 24.1 Å². The van der Waals surface area contributed by atoms with Gasteiger partial charge in [-0.15, -0.1) is 0 Å². The quantitative estimate of drug-likeness (QED) is 0.108. The lowest BCUT2D eigenvalue weighted by Crippen LogP contribution is -2.34. The molecule has 0 atom stereocenters. The van der Waals surface area contributed by atoms with Gasteiger partial charge in [0.1, 0.15) is 0 Å². The molecule has 0 unspecified atom stereocenters. The van der Waals surface area contributed by atoms with Crippen LogP contribution < -0.4 is 22.2 Å². The number of amides is 1. The largest absolute Gasteiger partial charge is 0.398 e. The zero-order valence-corrected chi connectivity index (χ0v) is 18.0. The van der Waals surface area contributed by atoms with Crippen molar-refractivity contribution in [2.45, 2.75) is 33.6 Å². The summed E-state index contributed by atoms with van der Waals surface area (Å²) in [5.74, 6) is 5.18. The molecule has 1 aromatic carbocycles. The molecule has 0 saturated carbocycles. The molecule has 1 amide bonds. The number of rotatable bonds is 6. The van der Waals surface area contributed by atoms with Crippen LogP contribution in [0.3, 0.4) is 0 Å². The van der Waals surface area contributed by atoms with E-state index in [1.807, 2.05) is 39.0 Å². The number of nitrogens with zero attached hydrogens (tertiary/aromatic N) is 1. The summed E-state index contributed by atoms with van der Waals surface area (Å²) in [5, 5.41) is 9.64. The number of anilines is 2. The number of benzene rings is 1. The summed E-state index contributed by atoms with van der Waals surface area (Å²) in [4.78, 5) is 24.0. The van der Waals surface area contributed by atoms with E-state index < -0.39 is 0 Å². The van der Waals surface area contributed by atoms with E-state index in [1.165, 1.54) is 6.21 Å². The first kappa shape index (κ1) is 24.8. The van der Waals surface area contributed by atoms with Crippen LogP contribution in [0.4, 0.5) is 11.4 Å². The van der Waals surface area contributed by atoms with Crippen LogP contribution in [-0.2, 0) is 4.79 Å². The summed E-state index contributed by atoms with van der Waals surface area (Å²) in [6, 6.07) is 3.26. The Bertz CT molecular complexity index is 815. The SMILES string of the molecule is C/C=C/C=C(\C=N/N)c1c(N)cc(NC(=O)C2CCNCC2)cc1C=O.C/C=C\C. The van der Waals surface area contributed by atoms with Crippen LogP contribution >= 0.6 is 0 Å². The lowest BCUT2D eigenvalue weighted by atomic mass is 9.96. The van der Waals surface area contributed by atoms with E-state index in [2.05, 4.69) is 15.7 Å². The minimum atomic E-state index is -0.0521. The molecular formula is C23H33N5O2. The molecule has 0 radical (unpaired) electrons. The highest BCUT2D eigenvalue weighted by Gasteiger charge is 2.21. The van der Waals surface area contributed by atoms with Gasteiger partial charge < -0.3 is 22.2 Å². The van der Waals surface area contributed by atoms with E-state index in [9.17, 15) is 9.59 Å². The Morgan fingerprint density at radius 3 is 2.37 bits per heavy atom. The normalized spacial score (nSPS) is 15.4.